The molecule has 0 saturated carbocycles. The molecule has 0 amide bonds. The van der Waals surface area contributed by atoms with Crippen LogP contribution in [-0.4, -0.2) is 37.2 Å². The molecule has 0 unspecified atom stereocenters. The van der Waals surface area contributed by atoms with E-state index in [4.69, 9.17) is 11.6 Å². The van der Waals surface area contributed by atoms with E-state index in [1.165, 1.54) is 19.1 Å². The minimum Gasteiger partial charge on any atom is -0.465 e. The summed E-state index contributed by atoms with van der Waals surface area (Å²) in [6.45, 7) is 1.47. The van der Waals surface area contributed by atoms with Crippen molar-refractivity contribution in [3.8, 4) is 0 Å². The van der Waals surface area contributed by atoms with Gasteiger partial charge in [-0.05, 0) is 29.8 Å². The Bertz CT molecular complexity index is 890. The van der Waals surface area contributed by atoms with E-state index in [9.17, 15) is 17.6 Å². The number of hydrogen-bond acceptors (Lipinski definition) is 7. The number of nitrogens with zero attached hydrogens (tertiary/aromatic N) is 2. The highest BCUT2D eigenvalue weighted by molar-refractivity contribution is 7.91. The number of rotatable bonds is 5. The van der Waals surface area contributed by atoms with E-state index in [1.54, 1.807) is 0 Å². The molecule has 2 rings (SSSR count). The maximum atomic E-state index is 14.0. The number of aromatic nitrogens is 2. The predicted molar refractivity (Wildman–Crippen MR) is 85.8 cm³/mol. The zero-order chi connectivity index (χ0) is 17.9. The average molecular weight is 374 g/mol. The Balaban J connectivity index is 2.43. The van der Waals surface area contributed by atoms with Crippen molar-refractivity contribution in [2.45, 2.75) is 11.8 Å². The number of methoxy groups -OCH3 is 1. The van der Waals surface area contributed by atoms with E-state index in [0.717, 1.165) is 19.4 Å². The van der Waals surface area contributed by atoms with Crippen molar-refractivity contribution in [2.24, 2.45) is 0 Å². The van der Waals surface area contributed by atoms with Gasteiger partial charge < -0.3 is 10.1 Å². The smallest absolute Gasteiger partial charge is 0.340 e. The molecule has 0 saturated heterocycles. The van der Waals surface area contributed by atoms with Crippen molar-refractivity contribution in [1.82, 2.24) is 9.97 Å². The van der Waals surface area contributed by atoms with Gasteiger partial charge in [0.25, 0.3) is 0 Å². The van der Waals surface area contributed by atoms with Gasteiger partial charge in [-0.2, -0.15) is 4.98 Å². The quantitative estimate of drug-likeness (QED) is 0.635. The molecule has 0 spiro atoms. The zero-order valence-electron chi connectivity index (χ0n) is 12.7. The van der Waals surface area contributed by atoms with Crippen LogP contribution in [0.25, 0.3) is 0 Å². The zero-order valence-corrected chi connectivity index (χ0v) is 14.3. The number of carbonyl (C=O) groups excluding carboxylic acids is 1. The van der Waals surface area contributed by atoms with Crippen LogP contribution in [0.2, 0.25) is 5.28 Å². The summed E-state index contributed by atoms with van der Waals surface area (Å²) in [5.41, 5.74) is -0.0624. The molecule has 1 N–H and O–H groups in total. The average Bonchev–Trinajstić information content (AvgIpc) is 2.54. The van der Waals surface area contributed by atoms with Gasteiger partial charge in [-0.15, -0.1) is 0 Å². The van der Waals surface area contributed by atoms with Crippen LogP contribution in [0.1, 0.15) is 17.3 Å². The first kappa shape index (κ1) is 18.1. The monoisotopic (exact) mass is 373 g/mol. The minimum atomic E-state index is -3.62. The van der Waals surface area contributed by atoms with Crippen molar-refractivity contribution in [3.05, 3.63) is 41.1 Å². The summed E-state index contributed by atoms with van der Waals surface area (Å²) in [5, 5.41) is 2.50. The second kappa shape index (κ2) is 7.10. The van der Waals surface area contributed by atoms with E-state index in [-0.39, 0.29) is 33.0 Å². The van der Waals surface area contributed by atoms with Crippen LogP contribution >= 0.6 is 11.6 Å². The molecule has 7 nitrogen and oxygen atoms in total. The predicted octanol–water partition coefficient (Wildman–Crippen LogP) is 2.59. The molecule has 1 aromatic heterocycles. The molecule has 0 fully saturated rings. The Hall–Kier alpha value is -2.26. The molecule has 128 valence electrons. The topological polar surface area (TPSA) is 98.3 Å². The van der Waals surface area contributed by atoms with E-state index in [2.05, 4.69) is 20.0 Å². The van der Waals surface area contributed by atoms with Gasteiger partial charge in [0.1, 0.15) is 10.7 Å². The summed E-state index contributed by atoms with van der Waals surface area (Å²) in [5.74, 6) is -1.89. The summed E-state index contributed by atoms with van der Waals surface area (Å²) in [6.07, 6.45) is 1.08. The Labute approximate surface area is 142 Å². The van der Waals surface area contributed by atoms with Crippen molar-refractivity contribution in [3.63, 3.8) is 0 Å². The minimum absolute atomic E-state index is 0.0814. The van der Waals surface area contributed by atoms with Crippen LogP contribution in [0.4, 0.5) is 15.9 Å². The molecular formula is C14H13ClFN3O4S. The second-order valence-electron chi connectivity index (χ2n) is 4.57. The Kier molecular flexibility index (Phi) is 5.35. The number of benzene rings is 1. The van der Waals surface area contributed by atoms with Gasteiger partial charge in [-0.25, -0.2) is 22.6 Å². The molecule has 0 bridgehead atoms. The third-order valence-electron chi connectivity index (χ3n) is 3.08. The largest absolute Gasteiger partial charge is 0.465 e. The van der Waals surface area contributed by atoms with E-state index < -0.39 is 21.6 Å². The first-order chi connectivity index (χ1) is 11.3. The Morgan fingerprint density at radius 3 is 2.71 bits per heavy atom. The lowest BCUT2D eigenvalue weighted by molar-refractivity contribution is 0.0595. The fourth-order valence-corrected chi connectivity index (χ4v) is 2.88. The molecule has 24 heavy (non-hydrogen) atoms. The van der Waals surface area contributed by atoms with Gasteiger partial charge in [0.15, 0.2) is 15.7 Å². The van der Waals surface area contributed by atoms with Crippen LogP contribution in [0.15, 0.2) is 29.3 Å². The lowest BCUT2D eigenvalue weighted by atomic mass is 10.2. The third-order valence-corrected chi connectivity index (χ3v) is 4.99. The van der Waals surface area contributed by atoms with Gasteiger partial charge in [0.05, 0.1) is 24.6 Å². The van der Waals surface area contributed by atoms with Crippen LogP contribution in [0.5, 0.6) is 0 Å². The first-order valence-corrected chi connectivity index (χ1v) is 8.71. The van der Waals surface area contributed by atoms with E-state index in [1.807, 2.05) is 0 Å². The summed E-state index contributed by atoms with van der Waals surface area (Å²) in [4.78, 5) is 18.7. The highest BCUT2D eigenvalue weighted by atomic mass is 35.5. The standard InChI is InChI=1S/C14H13ClFN3O4S/c1-3-24(21,22)11-7-17-14(15)19-12(11)18-8-4-5-9(10(16)6-8)13(20)23-2/h4-7H,3H2,1-2H3,(H,17,18,19). The summed E-state index contributed by atoms with van der Waals surface area (Å²) >= 11 is 5.70. The molecule has 0 aliphatic heterocycles. The molecule has 0 atom stereocenters. The fourth-order valence-electron chi connectivity index (χ4n) is 1.83. The highest BCUT2D eigenvalue weighted by Crippen LogP contribution is 2.25. The number of ether oxygens (including phenoxy) is 1. The molecule has 1 heterocycles. The van der Waals surface area contributed by atoms with Crippen molar-refractivity contribution < 1.29 is 22.3 Å². The summed E-state index contributed by atoms with van der Waals surface area (Å²) in [6, 6.07) is 3.61. The molecule has 10 heteroatoms. The number of esters is 1. The van der Waals surface area contributed by atoms with Crippen LogP contribution in [0.3, 0.4) is 0 Å². The molecule has 2 aromatic rings. The number of sulfone groups is 1. The van der Waals surface area contributed by atoms with Crippen LogP contribution in [0, 0.1) is 5.82 Å². The molecule has 0 aliphatic rings. The normalized spacial score (nSPS) is 11.2. The highest BCUT2D eigenvalue weighted by Gasteiger charge is 2.20. The van der Waals surface area contributed by atoms with Gasteiger partial charge in [-0.1, -0.05) is 6.92 Å². The maximum absolute atomic E-state index is 14.0. The number of hydrogen-bond donors (Lipinski definition) is 1. The van der Waals surface area contributed by atoms with Crippen LogP contribution in [-0.2, 0) is 14.6 Å². The lowest BCUT2D eigenvalue weighted by Gasteiger charge is -2.11. The lowest BCUT2D eigenvalue weighted by Crippen LogP contribution is -2.10. The molecule has 0 aliphatic carbocycles. The maximum Gasteiger partial charge on any atom is 0.340 e. The van der Waals surface area contributed by atoms with Gasteiger partial charge in [-0.3, -0.25) is 0 Å². The Morgan fingerprint density at radius 1 is 1.42 bits per heavy atom. The number of nitrogens with one attached hydrogen (secondary N) is 1. The summed E-state index contributed by atoms with van der Waals surface area (Å²) < 4.78 is 42.6. The Morgan fingerprint density at radius 2 is 2.12 bits per heavy atom. The second-order valence-corrected chi connectivity index (χ2v) is 7.15. The van der Waals surface area contributed by atoms with Gasteiger partial charge >= 0.3 is 5.97 Å². The SMILES string of the molecule is CCS(=O)(=O)c1cnc(Cl)nc1Nc1ccc(C(=O)OC)c(F)c1. The van der Waals surface area contributed by atoms with Crippen molar-refractivity contribution >= 4 is 38.9 Å². The molecule has 0 radical (unpaired) electrons. The van der Waals surface area contributed by atoms with Gasteiger partial charge in [0.2, 0.25) is 5.28 Å². The van der Waals surface area contributed by atoms with Crippen LogP contribution < -0.4 is 5.32 Å². The number of anilines is 2. The fraction of sp³-hybridized carbons (Fsp3) is 0.214. The molecular weight excluding hydrogens is 361 g/mol. The van der Waals surface area contributed by atoms with Gasteiger partial charge in [0, 0.05) is 5.69 Å². The van der Waals surface area contributed by atoms with Crippen molar-refractivity contribution in [1.29, 1.82) is 0 Å². The van der Waals surface area contributed by atoms with E-state index >= 15 is 0 Å². The summed E-state index contributed by atoms with van der Waals surface area (Å²) in [7, 11) is -2.48. The van der Waals surface area contributed by atoms with E-state index in [0.29, 0.717) is 0 Å². The number of carbonyl (C=O) groups is 1. The van der Waals surface area contributed by atoms with Crippen molar-refractivity contribution in [2.75, 3.05) is 18.2 Å². The third kappa shape index (κ3) is 3.80. The molecule has 1 aromatic carbocycles. The first-order valence-electron chi connectivity index (χ1n) is 6.68. The number of halogens is 2.